The van der Waals surface area contributed by atoms with Crippen LogP contribution in [-0.4, -0.2) is 18.1 Å². The van der Waals surface area contributed by atoms with Gasteiger partial charge in [0.15, 0.2) is 0 Å². The standard InChI is InChI=1S/C18H20F2N2S/c1-2-22-7-3-4-12-8-13(14(17(19)20)9-15(12)22)16-10-21-18(23-16)11-5-6-11/h8-11,17H,2-7H2,1H3. The third-order valence-electron chi connectivity index (χ3n) is 4.80. The summed E-state index contributed by atoms with van der Waals surface area (Å²) in [7, 11) is 0. The van der Waals surface area contributed by atoms with Crippen molar-refractivity contribution in [1.82, 2.24) is 4.98 Å². The van der Waals surface area contributed by atoms with Gasteiger partial charge in [0.1, 0.15) is 0 Å². The molecule has 122 valence electrons. The molecule has 1 saturated carbocycles. The van der Waals surface area contributed by atoms with E-state index in [1.807, 2.05) is 6.07 Å². The van der Waals surface area contributed by atoms with Crippen LogP contribution in [0.5, 0.6) is 0 Å². The number of anilines is 1. The maximum atomic E-state index is 13.7. The number of halogens is 2. The van der Waals surface area contributed by atoms with Gasteiger partial charge in [-0.2, -0.15) is 0 Å². The van der Waals surface area contributed by atoms with E-state index in [9.17, 15) is 8.78 Å². The van der Waals surface area contributed by atoms with E-state index < -0.39 is 6.43 Å². The first kappa shape index (κ1) is 15.1. The highest BCUT2D eigenvalue weighted by Crippen LogP contribution is 2.45. The SMILES string of the molecule is CCN1CCCc2cc(-c3cnc(C4CC4)s3)c(C(F)F)cc21. The van der Waals surface area contributed by atoms with E-state index in [2.05, 4.69) is 16.8 Å². The first-order chi connectivity index (χ1) is 11.2. The van der Waals surface area contributed by atoms with Crippen LogP contribution in [0.1, 0.15) is 54.7 Å². The molecule has 5 heteroatoms. The van der Waals surface area contributed by atoms with E-state index in [0.717, 1.165) is 41.5 Å². The third kappa shape index (κ3) is 2.75. The molecule has 1 aromatic carbocycles. The Morgan fingerprint density at radius 1 is 1.35 bits per heavy atom. The summed E-state index contributed by atoms with van der Waals surface area (Å²) in [6, 6.07) is 3.71. The molecule has 1 aromatic heterocycles. The zero-order valence-electron chi connectivity index (χ0n) is 13.2. The van der Waals surface area contributed by atoms with Crippen molar-refractivity contribution >= 4 is 17.0 Å². The van der Waals surface area contributed by atoms with Crippen molar-refractivity contribution in [2.45, 2.75) is 45.0 Å². The number of aryl methyl sites for hydroxylation is 1. The Kier molecular flexibility index (Phi) is 3.84. The molecule has 2 heterocycles. The van der Waals surface area contributed by atoms with E-state index in [-0.39, 0.29) is 5.56 Å². The number of hydrogen-bond acceptors (Lipinski definition) is 3. The van der Waals surface area contributed by atoms with Gasteiger partial charge in [-0.15, -0.1) is 11.3 Å². The van der Waals surface area contributed by atoms with Gasteiger partial charge in [-0.3, -0.25) is 0 Å². The molecule has 0 amide bonds. The second-order valence-corrected chi connectivity index (χ2v) is 7.45. The molecule has 2 aliphatic rings. The van der Waals surface area contributed by atoms with Gasteiger partial charge in [-0.1, -0.05) is 0 Å². The van der Waals surface area contributed by atoms with Crippen LogP contribution in [0.2, 0.25) is 0 Å². The van der Waals surface area contributed by atoms with Crippen LogP contribution in [0, 0.1) is 0 Å². The minimum atomic E-state index is -2.46. The molecule has 0 spiro atoms. The Morgan fingerprint density at radius 3 is 2.87 bits per heavy atom. The normalized spacial score (nSPS) is 17.7. The average molecular weight is 334 g/mol. The van der Waals surface area contributed by atoms with Crippen LogP contribution in [0.15, 0.2) is 18.3 Å². The Labute approximate surface area is 139 Å². The van der Waals surface area contributed by atoms with Crippen molar-refractivity contribution in [1.29, 1.82) is 0 Å². The van der Waals surface area contributed by atoms with Gasteiger partial charge < -0.3 is 4.90 Å². The molecule has 1 fully saturated rings. The van der Waals surface area contributed by atoms with Crippen LogP contribution >= 0.6 is 11.3 Å². The highest BCUT2D eigenvalue weighted by molar-refractivity contribution is 7.15. The molecule has 4 rings (SSSR count). The van der Waals surface area contributed by atoms with Crippen molar-refractivity contribution < 1.29 is 8.78 Å². The molecule has 1 aliphatic heterocycles. The van der Waals surface area contributed by atoms with E-state index >= 15 is 0 Å². The molecular formula is C18H20F2N2S. The van der Waals surface area contributed by atoms with E-state index in [0.29, 0.717) is 11.5 Å². The summed E-state index contributed by atoms with van der Waals surface area (Å²) in [6.45, 7) is 3.90. The number of fused-ring (bicyclic) bond motifs is 1. The molecule has 0 radical (unpaired) electrons. The Morgan fingerprint density at radius 2 is 2.17 bits per heavy atom. The topological polar surface area (TPSA) is 16.1 Å². The van der Waals surface area contributed by atoms with Gasteiger partial charge in [0.05, 0.1) is 9.88 Å². The highest BCUT2D eigenvalue weighted by Gasteiger charge is 2.28. The Hall–Kier alpha value is -1.49. The maximum absolute atomic E-state index is 13.7. The van der Waals surface area contributed by atoms with E-state index in [1.54, 1.807) is 23.6 Å². The van der Waals surface area contributed by atoms with Gasteiger partial charge in [0.2, 0.25) is 0 Å². The van der Waals surface area contributed by atoms with E-state index in [1.165, 1.54) is 18.4 Å². The van der Waals surface area contributed by atoms with Gasteiger partial charge in [0.25, 0.3) is 6.43 Å². The molecule has 1 aliphatic carbocycles. The van der Waals surface area contributed by atoms with Crippen molar-refractivity contribution in [2.24, 2.45) is 0 Å². The number of nitrogens with zero attached hydrogens (tertiary/aromatic N) is 2. The summed E-state index contributed by atoms with van der Waals surface area (Å²) in [5.41, 5.74) is 3.01. The lowest BCUT2D eigenvalue weighted by Gasteiger charge is -2.31. The van der Waals surface area contributed by atoms with Crippen molar-refractivity contribution in [3.8, 4) is 10.4 Å². The van der Waals surface area contributed by atoms with Crippen molar-refractivity contribution in [3.05, 3.63) is 34.5 Å². The number of rotatable bonds is 4. The lowest BCUT2D eigenvalue weighted by atomic mass is 9.95. The molecule has 0 bridgehead atoms. The number of alkyl halides is 2. The fourth-order valence-electron chi connectivity index (χ4n) is 3.38. The first-order valence-corrected chi connectivity index (χ1v) is 9.15. The molecule has 0 atom stereocenters. The van der Waals surface area contributed by atoms with Gasteiger partial charge in [0, 0.05) is 42.0 Å². The lowest BCUT2D eigenvalue weighted by molar-refractivity contribution is 0.152. The molecule has 0 N–H and O–H groups in total. The van der Waals surface area contributed by atoms with Crippen LogP contribution in [-0.2, 0) is 6.42 Å². The second-order valence-electron chi connectivity index (χ2n) is 6.39. The summed E-state index contributed by atoms with van der Waals surface area (Å²) >= 11 is 1.59. The minimum absolute atomic E-state index is 0.148. The minimum Gasteiger partial charge on any atom is -0.372 e. The van der Waals surface area contributed by atoms with Crippen LogP contribution in [0.3, 0.4) is 0 Å². The zero-order valence-corrected chi connectivity index (χ0v) is 14.0. The Balaban J connectivity index is 1.81. The molecule has 2 aromatic rings. The average Bonchev–Trinajstić information content (AvgIpc) is 3.30. The Bertz CT molecular complexity index is 722. The fourth-order valence-corrected chi connectivity index (χ4v) is 4.50. The smallest absolute Gasteiger partial charge is 0.264 e. The van der Waals surface area contributed by atoms with Gasteiger partial charge in [-0.25, -0.2) is 13.8 Å². The second kappa shape index (κ2) is 5.86. The summed E-state index contributed by atoms with van der Waals surface area (Å²) < 4.78 is 27.3. The molecule has 2 nitrogen and oxygen atoms in total. The number of hydrogen-bond donors (Lipinski definition) is 0. The largest absolute Gasteiger partial charge is 0.372 e. The lowest BCUT2D eigenvalue weighted by Crippen LogP contribution is -2.29. The third-order valence-corrected chi connectivity index (χ3v) is 5.99. The van der Waals surface area contributed by atoms with Crippen molar-refractivity contribution in [2.75, 3.05) is 18.0 Å². The quantitative estimate of drug-likeness (QED) is 0.744. The number of benzene rings is 1. The van der Waals surface area contributed by atoms with Gasteiger partial charge in [-0.05, 0) is 50.3 Å². The molecule has 23 heavy (non-hydrogen) atoms. The molecule has 0 unspecified atom stereocenters. The van der Waals surface area contributed by atoms with Gasteiger partial charge >= 0.3 is 0 Å². The highest BCUT2D eigenvalue weighted by atomic mass is 32.1. The number of aromatic nitrogens is 1. The predicted octanol–water partition coefficient (Wildman–Crippen LogP) is 5.40. The summed E-state index contributed by atoms with van der Waals surface area (Å²) in [4.78, 5) is 7.55. The van der Waals surface area contributed by atoms with Crippen LogP contribution in [0.4, 0.5) is 14.5 Å². The molecular weight excluding hydrogens is 314 g/mol. The zero-order chi connectivity index (χ0) is 16.0. The predicted molar refractivity (Wildman–Crippen MR) is 90.7 cm³/mol. The summed E-state index contributed by atoms with van der Waals surface area (Å²) in [5.74, 6) is 0.567. The summed E-state index contributed by atoms with van der Waals surface area (Å²) in [5, 5.41) is 1.10. The fraction of sp³-hybridized carbons (Fsp3) is 0.500. The first-order valence-electron chi connectivity index (χ1n) is 8.33. The molecule has 0 saturated heterocycles. The van der Waals surface area contributed by atoms with Crippen LogP contribution in [0.25, 0.3) is 10.4 Å². The number of thiazole rings is 1. The van der Waals surface area contributed by atoms with Crippen molar-refractivity contribution in [3.63, 3.8) is 0 Å². The van der Waals surface area contributed by atoms with Crippen LogP contribution < -0.4 is 4.90 Å². The maximum Gasteiger partial charge on any atom is 0.264 e. The monoisotopic (exact) mass is 334 g/mol. The summed E-state index contributed by atoms with van der Waals surface area (Å²) in [6.07, 6.45) is 3.75. The van der Waals surface area contributed by atoms with E-state index in [4.69, 9.17) is 0 Å².